The number of piperidine rings is 1. The number of hydrogen-bond acceptors (Lipinski definition) is 4. The highest BCUT2D eigenvalue weighted by Crippen LogP contribution is 2.22. The van der Waals surface area contributed by atoms with Crippen LogP contribution in [0.5, 0.6) is 0 Å². The number of rotatable bonds is 5. The van der Waals surface area contributed by atoms with Crippen LogP contribution in [0.1, 0.15) is 30.4 Å². The fraction of sp³-hybridized carbons (Fsp3) is 0.292. The van der Waals surface area contributed by atoms with E-state index in [1.165, 1.54) is 24.8 Å². The molecule has 29 heavy (non-hydrogen) atoms. The molecule has 5 heteroatoms. The second-order valence-electron chi connectivity index (χ2n) is 7.61. The van der Waals surface area contributed by atoms with Crippen LogP contribution in [-0.2, 0) is 11.2 Å². The van der Waals surface area contributed by atoms with Gasteiger partial charge >= 0.3 is 0 Å². The minimum atomic E-state index is -0.0210. The highest BCUT2D eigenvalue weighted by atomic mass is 16.1. The lowest BCUT2D eigenvalue weighted by molar-refractivity contribution is -0.115. The Morgan fingerprint density at radius 3 is 2.28 bits per heavy atom. The third kappa shape index (κ3) is 4.99. The van der Waals surface area contributed by atoms with Crippen molar-refractivity contribution >= 4 is 17.4 Å². The Bertz CT molecular complexity index is 944. The number of hydrogen-bond donors (Lipinski definition) is 1. The molecule has 1 aliphatic rings. The number of aryl methyl sites for hydroxylation is 1. The average molecular weight is 386 g/mol. The van der Waals surface area contributed by atoms with Crippen LogP contribution in [0.15, 0.2) is 60.7 Å². The highest BCUT2D eigenvalue weighted by Gasteiger charge is 2.13. The van der Waals surface area contributed by atoms with Crippen molar-refractivity contribution in [1.29, 1.82) is 0 Å². The standard InChI is InChI=1S/C24H26N4O/c1-18-5-7-19(8-6-18)17-24(29)25-21-11-9-20(10-12-21)22-13-14-23(27-26-22)28-15-3-2-4-16-28/h5-14H,2-4,15-17H2,1H3,(H,25,29). The van der Waals surface area contributed by atoms with Crippen LogP contribution in [0.3, 0.4) is 0 Å². The van der Waals surface area contributed by atoms with Gasteiger partial charge in [-0.1, -0.05) is 42.0 Å². The maximum atomic E-state index is 12.3. The molecule has 0 saturated carbocycles. The Labute approximate surface area is 171 Å². The first-order chi connectivity index (χ1) is 14.2. The quantitative estimate of drug-likeness (QED) is 0.695. The zero-order chi connectivity index (χ0) is 20.1. The summed E-state index contributed by atoms with van der Waals surface area (Å²) in [6.45, 7) is 4.16. The Kier molecular flexibility index (Phi) is 5.84. The number of amides is 1. The molecule has 1 amide bonds. The summed E-state index contributed by atoms with van der Waals surface area (Å²) in [5.74, 6) is 0.931. The first-order valence-corrected chi connectivity index (χ1v) is 10.2. The lowest BCUT2D eigenvalue weighted by Gasteiger charge is -2.27. The molecule has 0 spiro atoms. The molecule has 1 fully saturated rings. The highest BCUT2D eigenvalue weighted by molar-refractivity contribution is 5.92. The number of anilines is 2. The number of aromatic nitrogens is 2. The van der Waals surface area contributed by atoms with Gasteiger partial charge in [0.25, 0.3) is 0 Å². The van der Waals surface area contributed by atoms with Gasteiger partial charge in [-0.25, -0.2) is 0 Å². The molecule has 0 unspecified atom stereocenters. The fourth-order valence-electron chi connectivity index (χ4n) is 3.59. The number of carbonyl (C=O) groups excluding carboxylic acids is 1. The maximum Gasteiger partial charge on any atom is 0.228 e. The molecule has 1 aromatic heterocycles. The monoisotopic (exact) mass is 386 g/mol. The van der Waals surface area contributed by atoms with Gasteiger partial charge in [0, 0.05) is 24.3 Å². The van der Waals surface area contributed by atoms with Gasteiger partial charge in [0.05, 0.1) is 12.1 Å². The smallest absolute Gasteiger partial charge is 0.228 e. The Morgan fingerprint density at radius 2 is 1.62 bits per heavy atom. The van der Waals surface area contributed by atoms with E-state index in [1.54, 1.807) is 0 Å². The van der Waals surface area contributed by atoms with E-state index < -0.39 is 0 Å². The normalized spacial score (nSPS) is 13.9. The van der Waals surface area contributed by atoms with E-state index in [2.05, 4.69) is 20.4 Å². The molecular weight excluding hydrogens is 360 g/mol. The summed E-state index contributed by atoms with van der Waals surface area (Å²) in [6, 6.07) is 19.8. The van der Waals surface area contributed by atoms with Gasteiger partial charge < -0.3 is 10.2 Å². The molecule has 2 aromatic carbocycles. The molecule has 0 radical (unpaired) electrons. The Hall–Kier alpha value is -3.21. The summed E-state index contributed by atoms with van der Waals surface area (Å²) < 4.78 is 0. The first-order valence-electron chi connectivity index (χ1n) is 10.2. The van der Waals surface area contributed by atoms with Gasteiger partial charge in [0.1, 0.15) is 0 Å². The molecule has 0 aliphatic carbocycles. The molecule has 1 saturated heterocycles. The molecule has 0 bridgehead atoms. The van der Waals surface area contributed by atoms with Crippen LogP contribution >= 0.6 is 0 Å². The van der Waals surface area contributed by atoms with E-state index >= 15 is 0 Å². The van der Waals surface area contributed by atoms with Crippen LogP contribution < -0.4 is 10.2 Å². The number of nitrogens with zero attached hydrogens (tertiary/aromatic N) is 3. The van der Waals surface area contributed by atoms with E-state index in [4.69, 9.17) is 0 Å². The zero-order valence-corrected chi connectivity index (χ0v) is 16.8. The summed E-state index contributed by atoms with van der Waals surface area (Å²) in [7, 11) is 0. The van der Waals surface area contributed by atoms with Gasteiger partial charge in [0.15, 0.2) is 5.82 Å². The topological polar surface area (TPSA) is 58.1 Å². The van der Waals surface area contributed by atoms with Crippen LogP contribution in [0, 0.1) is 6.92 Å². The van der Waals surface area contributed by atoms with Crippen LogP contribution in [-0.4, -0.2) is 29.2 Å². The second kappa shape index (κ2) is 8.86. The summed E-state index contributed by atoms with van der Waals surface area (Å²) in [6.07, 6.45) is 4.11. The van der Waals surface area contributed by atoms with Gasteiger partial charge in [-0.05, 0) is 56.0 Å². The van der Waals surface area contributed by atoms with Crippen molar-refractivity contribution in [2.75, 3.05) is 23.3 Å². The number of benzene rings is 2. The first kappa shape index (κ1) is 19.1. The molecule has 3 aromatic rings. The molecule has 1 N–H and O–H groups in total. The molecule has 2 heterocycles. The Morgan fingerprint density at radius 1 is 0.897 bits per heavy atom. The van der Waals surface area contributed by atoms with Crippen molar-refractivity contribution in [3.05, 3.63) is 71.8 Å². The third-order valence-electron chi connectivity index (χ3n) is 5.28. The lowest BCUT2D eigenvalue weighted by atomic mass is 10.1. The molecule has 4 rings (SSSR count). The van der Waals surface area contributed by atoms with E-state index in [9.17, 15) is 4.79 Å². The van der Waals surface area contributed by atoms with E-state index in [-0.39, 0.29) is 5.91 Å². The van der Waals surface area contributed by atoms with Gasteiger partial charge in [-0.15, -0.1) is 10.2 Å². The minimum Gasteiger partial charge on any atom is -0.355 e. The van der Waals surface area contributed by atoms with E-state index in [0.717, 1.165) is 41.4 Å². The van der Waals surface area contributed by atoms with Crippen molar-refractivity contribution in [1.82, 2.24) is 10.2 Å². The summed E-state index contributed by atoms with van der Waals surface area (Å²) in [4.78, 5) is 14.6. The summed E-state index contributed by atoms with van der Waals surface area (Å²) in [5, 5.41) is 11.8. The predicted molar refractivity (Wildman–Crippen MR) is 117 cm³/mol. The maximum absolute atomic E-state index is 12.3. The van der Waals surface area contributed by atoms with E-state index in [1.807, 2.05) is 67.6 Å². The second-order valence-corrected chi connectivity index (χ2v) is 7.61. The summed E-state index contributed by atoms with van der Waals surface area (Å²) in [5.41, 5.74) is 4.80. The molecule has 1 aliphatic heterocycles. The molecule has 5 nitrogen and oxygen atoms in total. The van der Waals surface area contributed by atoms with Gasteiger partial charge in [-0.2, -0.15) is 0 Å². The average Bonchev–Trinajstić information content (AvgIpc) is 2.77. The van der Waals surface area contributed by atoms with Crippen molar-refractivity contribution in [3.8, 4) is 11.3 Å². The zero-order valence-electron chi connectivity index (χ0n) is 16.8. The van der Waals surface area contributed by atoms with Crippen molar-refractivity contribution in [2.24, 2.45) is 0 Å². The van der Waals surface area contributed by atoms with Crippen LogP contribution in [0.4, 0.5) is 11.5 Å². The van der Waals surface area contributed by atoms with Crippen molar-refractivity contribution < 1.29 is 4.79 Å². The molecule has 0 atom stereocenters. The number of carbonyl (C=O) groups is 1. The minimum absolute atomic E-state index is 0.0210. The largest absolute Gasteiger partial charge is 0.355 e. The molecular formula is C24H26N4O. The van der Waals surface area contributed by atoms with Crippen molar-refractivity contribution in [2.45, 2.75) is 32.6 Å². The van der Waals surface area contributed by atoms with Crippen LogP contribution in [0.25, 0.3) is 11.3 Å². The predicted octanol–water partition coefficient (Wildman–Crippen LogP) is 4.62. The fourth-order valence-corrected chi connectivity index (χ4v) is 3.59. The lowest BCUT2D eigenvalue weighted by Crippen LogP contribution is -2.30. The van der Waals surface area contributed by atoms with Crippen molar-refractivity contribution in [3.63, 3.8) is 0 Å². The summed E-state index contributed by atoms with van der Waals surface area (Å²) >= 11 is 0. The molecule has 148 valence electrons. The van der Waals surface area contributed by atoms with E-state index in [0.29, 0.717) is 6.42 Å². The van der Waals surface area contributed by atoms with Gasteiger partial charge in [0.2, 0.25) is 5.91 Å². The van der Waals surface area contributed by atoms with Crippen LogP contribution in [0.2, 0.25) is 0 Å². The van der Waals surface area contributed by atoms with Gasteiger partial charge in [-0.3, -0.25) is 4.79 Å². The number of nitrogens with one attached hydrogen (secondary N) is 1. The SMILES string of the molecule is Cc1ccc(CC(=O)Nc2ccc(-c3ccc(N4CCCCC4)nn3)cc2)cc1. The Balaban J connectivity index is 1.37. The third-order valence-corrected chi connectivity index (χ3v) is 5.28.